The first-order chi connectivity index (χ1) is 12.4. The van der Waals surface area contributed by atoms with Gasteiger partial charge < -0.3 is 5.32 Å². The third kappa shape index (κ3) is 3.37. The van der Waals surface area contributed by atoms with Crippen molar-refractivity contribution < 1.29 is 4.79 Å². The van der Waals surface area contributed by atoms with Gasteiger partial charge in [-0.1, -0.05) is 35.5 Å². The van der Waals surface area contributed by atoms with E-state index in [0.29, 0.717) is 12.2 Å². The second-order valence-corrected chi connectivity index (χ2v) is 6.70. The number of benzene rings is 1. The number of nitrogens with zero attached hydrogens (tertiary/aromatic N) is 5. The Morgan fingerprint density at radius 2 is 1.81 bits per heavy atom. The highest BCUT2D eigenvalue weighted by atomic mass is 16.2. The van der Waals surface area contributed by atoms with Crippen molar-refractivity contribution in [1.82, 2.24) is 24.8 Å². The zero-order valence-corrected chi connectivity index (χ0v) is 15.8. The van der Waals surface area contributed by atoms with E-state index in [-0.39, 0.29) is 11.9 Å². The molecule has 0 aliphatic carbocycles. The summed E-state index contributed by atoms with van der Waals surface area (Å²) in [6, 6.07) is 10.2. The Labute approximate surface area is 153 Å². The van der Waals surface area contributed by atoms with Gasteiger partial charge in [0.2, 0.25) is 0 Å². The van der Waals surface area contributed by atoms with Crippen LogP contribution < -0.4 is 5.32 Å². The summed E-state index contributed by atoms with van der Waals surface area (Å²) in [5, 5.41) is 15.7. The van der Waals surface area contributed by atoms with Crippen molar-refractivity contribution in [3.63, 3.8) is 0 Å². The molecule has 0 bridgehead atoms. The third-order valence-corrected chi connectivity index (χ3v) is 4.43. The van der Waals surface area contributed by atoms with Crippen LogP contribution in [0.3, 0.4) is 0 Å². The number of aromatic nitrogens is 5. The Morgan fingerprint density at radius 3 is 2.42 bits per heavy atom. The maximum absolute atomic E-state index is 12.7. The summed E-state index contributed by atoms with van der Waals surface area (Å²) in [5.74, 6) is -0.267. The van der Waals surface area contributed by atoms with Crippen LogP contribution >= 0.6 is 0 Å². The minimum absolute atomic E-state index is 0.229. The Kier molecular flexibility index (Phi) is 4.88. The SMILES string of the molecule is Cc1nn(C(C)C)c(C)c1NC(=O)c1nnn(Cc2ccccc2)c1C. The first kappa shape index (κ1) is 17.8. The second-order valence-electron chi connectivity index (χ2n) is 6.70. The smallest absolute Gasteiger partial charge is 0.278 e. The highest BCUT2D eigenvalue weighted by Gasteiger charge is 2.21. The number of hydrogen-bond acceptors (Lipinski definition) is 4. The lowest BCUT2D eigenvalue weighted by atomic mass is 10.2. The van der Waals surface area contributed by atoms with Crippen LogP contribution in [-0.4, -0.2) is 30.7 Å². The molecule has 3 rings (SSSR count). The summed E-state index contributed by atoms with van der Waals surface area (Å²) in [6.07, 6.45) is 0. The Morgan fingerprint density at radius 1 is 1.12 bits per heavy atom. The summed E-state index contributed by atoms with van der Waals surface area (Å²) in [6.45, 7) is 10.4. The fraction of sp³-hybridized carbons (Fsp3) is 0.368. The number of rotatable bonds is 5. The van der Waals surface area contributed by atoms with Crippen molar-refractivity contribution in [2.45, 2.75) is 47.2 Å². The molecule has 0 atom stereocenters. The number of anilines is 1. The molecule has 0 aliphatic rings. The molecule has 1 amide bonds. The molecular weight excluding hydrogens is 328 g/mol. The number of amides is 1. The van der Waals surface area contributed by atoms with Gasteiger partial charge in [-0.2, -0.15) is 5.10 Å². The molecule has 0 spiro atoms. The molecule has 26 heavy (non-hydrogen) atoms. The van der Waals surface area contributed by atoms with Crippen LogP contribution in [-0.2, 0) is 6.54 Å². The van der Waals surface area contributed by atoms with Gasteiger partial charge in [0, 0.05) is 6.04 Å². The van der Waals surface area contributed by atoms with Crippen LogP contribution in [0.1, 0.15) is 53.0 Å². The van der Waals surface area contributed by atoms with E-state index in [0.717, 1.165) is 28.3 Å². The van der Waals surface area contributed by atoms with Crippen molar-refractivity contribution in [2.24, 2.45) is 0 Å². The molecule has 3 aromatic rings. The van der Waals surface area contributed by atoms with Gasteiger partial charge in [-0.25, -0.2) is 4.68 Å². The highest BCUT2D eigenvalue weighted by Crippen LogP contribution is 2.23. The van der Waals surface area contributed by atoms with E-state index < -0.39 is 0 Å². The molecule has 0 aliphatic heterocycles. The predicted octanol–water partition coefficient (Wildman–Crippen LogP) is 3.28. The quantitative estimate of drug-likeness (QED) is 0.764. The van der Waals surface area contributed by atoms with Gasteiger partial charge in [-0.3, -0.25) is 9.48 Å². The minimum atomic E-state index is -0.267. The Balaban J connectivity index is 1.81. The van der Waals surface area contributed by atoms with Crippen LogP contribution in [0.5, 0.6) is 0 Å². The summed E-state index contributed by atoms with van der Waals surface area (Å²) in [5.41, 5.74) is 4.63. The molecule has 136 valence electrons. The second kappa shape index (κ2) is 7.11. The number of carbonyl (C=O) groups is 1. The molecule has 2 heterocycles. The standard InChI is InChI=1S/C19H24N6O/c1-12(2)25-15(5)17(13(3)22-25)20-19(26)18-14(4)24(23-21-18)11-16-9-7-6-8-10-16/h6-10,12H,11H2,1-5H3,(H,20,26). The van der Waals surface area contributed by atoms with Gasteiger partial charge in [0.1, 0.15) is 0 Å². The lowest BCUT2D eigenvalue weighted by Crippen LogP contribution is -2.16. The molecule has 0 fully saturated rings. The van der Waals surface area contributed by atoms with Gasteiger partial charge in [-0.05, 0) is 40.2 Å². The average molecular weight is 352 g/mol. The number of aryl methyl sites for hydroxylation is 1. The predicted molar refractivity (Wildman–Crippen MR) is 100 cm³/mol. The zero-order chi connectivity index (χ0) is 18.8. The van der Waals surface area contributed by atoms with Gasteiger partial charge >= 0.3 is 0 Å². The molecular formula is C19H24N6O. The first-order valence-corrected chi connectivity index (χ1v) is 8.69. The first-order valence-electron chi connectivity index (χ1n) is 8.69. The Hall–Kier alpha value is -2.96. The fourth-order valence-electron chi connectivity index (χ4n) is 3.00. The van der Waals surface area contributed by atoms with Crippen molar-refractivity contribution in [3.05, 3.63) is 58.7 Å². The lowest BCUT2D eigenvalue weighted by molar-refractivity contribution is 0.102. The van der Waals surface area contributed by atoms with Crippen LogP contribution in [0, 0.1) is 20.8 Å². The number of hydrogen-bond donors (Lipinski definition) is 1. The van der Waals surface area contributed by atoms with Crippen LogP contribution in [0.2, 0.25) is 0 Å². The van der Waals surface area contributed by atoms with Gasteiger partial charge in [0.05, 0.1) is 29.3 Å². The van der Waals surface area contributed by atoms with Crippen LogP contribution in [0.15, 0.2) is 30.3 Å². The Bertz CT molecular complexity index is 923. The molecule has 7 heteroatoms. The van der Waals surface area contributed by atoms with E-state index >= 15 is 0 Å². The molecule has 0 saturated carbocycles. The fourth-order valence-corrected chi connectivity index (χ4v) is 3.00. The van der Waals surface area contributed by atoms with Crippen molar-refractivity contribution >= 4 is 11.6 Å². The molecule has 1 aromatic carbocycles. The molecule has 7 nitrogen and oxygen atoms in total. The molecule has 1 N–H and O–H groups in total. The maximum Gasteiger partial charge on any atom is 0.278 e. The van der Waals surface area contributed by atoms with Gasteiger partial charge in [0.25, 0.3) is 5.91 Å². The van der Waals surface area contributed by atoms with E-state index in [1.165, 1.54) is 0 Å². The van der Waals surface area contributed by atoms with E-state index in [1.54, 1.807) is 4.68 Å². The lowest BCUT2D eigenvalue weighted by Gasteiger charge is -2.09. The maximum atomic E-state index is 12.7. The van der Waals surface area contributed by atoms with Crippen molar-refractivity contribution in [2.75, 3.05) is 5.32 Å². The minimum Gasteiger partial charge on any atom is -0.317 e. The molecule has 0 saturated heterocycles. The largest absolute Gasteiger partial charge is 0.317 e. The van der Waals surface area contributed by atoms with E-state index in [2.05, 4.69) is 34.6 Å². The summed E-state index contributed by atoms with van der Waals surface area (Å²) in [7, 11) is 0. The summed E-state index contributed by atoms with van der Waals surface area (Å²) < 4.78 is 3.64. The monoisotopic (exact) mass is 352 g/mol. The summed E-state index contributed by atoms with van der Waals surface area (Å²) >= 11 is 0. The zero-order valence-electron chi connectivity index (χ0n) is 15.8. The van der Waals surface area contributed by atoms with Crippen LogP contribution in [0.4, 0.5) is 5.69 Å². The van der Waals surface area contributed by atoms with Crippen LogP contribution in [0.25, 0.3) is 0 Å². The third-order valence-electron chi connectivity index (χ3n) is 4.43. The molecule has 0 radical (unpaired) electrons. The molecule has 0 unspecified atom stereocenters. The van der Waals surface area contributed by atoms with Gasteiger partial charge in [-0.15, -0.1) is 5.10 Å². The topological polar surface area (TPSA) is 77.6 Å². The summed E-state index contributed by atoms with van der Waals surface area (Å²) in [4.78, 5) is 12.7. The normalized spacial score (nSPS) is 11.2. The van der Waals surface area contributed by atoms with E-state index in [1.807, 2.05) is 55.8 Å². The van der Waals surface area contributed by atoms with E-state index in [9.17, 15) is 4.79 Å². The van der Waals surface area contributed by atoms with Crippen molar-refractivity contribution in [3.8, 4) is 0 Å². The van der Waals surface area contributed by atoms with Crippen molar-refractivity contribution in [1.29, 1.82) is 0 Å². The van der Waals surface area contributed by atoms with E-state index in [4.69, 9.17) is 0 Å². The average Bonchev–Trinajstić information content (AvgIpc) is 3.10. The number of nitrogens with one attached hydrogen (secondary N) is 1. The molecule has 2 aromatic heterocycles. The number of carbonyl (C=O) groups excluding carboxylic acids is 1. The van der Waals surface area contributed by atoms with Gasteiger partial charge in [0.15, 0.2) is 5.69 Å². The highest BCUT2D eigenvalue weighted by molar-refractivity contribution is 6.04.